The summed E-state index contributed by atoms with van der Waals surface area (Å²) in [5.74, 6) is 0.462. The number of guanidine groups is 1. The van der Waals surface area contributed by atoms with Crippen molar-refractivity contribution in [1.29, 1.82) is 0 Å². The average Bonchev–Trinajstić information content (AvgIpc) is 3.19. The molecule has 6 N–H and O–H groups in total. The summed E-state index contributed by atoms with van der Waals surface area (Å²) < 4.78 is 5.24. The minimum Gasteiger partial charge on any atom is -0.497 e. The standard InChI is InChI=1S/C21H30ClN7O2/c1-4-13(10-11-15(5-2)31-3)8-6-7-9-14-12-25-21(26-14)29-20(30)16-18(23)28-19(24)17(22)27-16/h4-5,10-11,14H,6-9,12H2,1-3H3,(H4,23,24,28)(H2,25,26,29,30)/b11-10-,13-4-,15-5+. The van der Waals surface area contributed by atoms with E-state index in [-0.39, 0.29) is 28.5 Å². The number of allylic oxidation sites excluding steroid dienone is 5. The van der Waals surface area contributed by atoms with Crippen LogP contribution in [0.5, 0.6) is 0 Å². The van der Waals surface area contributed by atoms with Gasteiger partial charge in [0.1, 0.15) is 5.76 Å². The van der Waals surface area contributed by atoms with Crippen LogP contribution in [-0.4, -0.2) is 41.5 Å². The van der Waals surface area contributed by atoms with Gasteiger partial charge in [-0.15, -0.1) is 0 Å². The number of aromatic nitrogens is 2. The maximum absolute atomic E-state index is 12.3. The minimum absolute atomic E-state index is 0.0296. The summed E-state index contributed by atoms with van der Waals surface area (Å²) in [6, 6.07) is 0.192. The van der Waals surface area contributed by atoms with E-state index in [2.05, 4.69) is 37.7 Å². The molecule has 31 heavy (non-hydrogen) atoms. The fourth-order valence-electron chi connectivity index (χ4n) is 3.03. The number of hydrogen-bond donors (Lipinski definition) is 4. The van der Waals surface area contributed by atoms with Gasteiger partial charge < -0.3 is 26.8 Å². The van der Waals surface area contributed by atoms with Crippen molar-refractivity contribution in [2.75, 3.05) is 25.1 Å². The van der Waals surface area contributed by atoms with E-state index in [1.54, 1.807) is 7.11 Å². The predicted molar refractivity (Wildman–Crippen MR) is 125 cm³/mol. The molecule has 1 unspecified atom stereocenters. The molecule has 2 heterocycles. The third-order valence-corrected chi connectivity index (χ3v) is 5.08. The molecular formula is C21H30ClN7O2. The van der Waals surface area contributed by atoms with Crippen LogP contribution >= 0.6 is 11.6 Å². The molecule has 168 valence electrons. The Hall–Kier alpha value is -3.07. The van der Waals surface area contributed by atoms with Gasteiger partial charge in [0.15, 0.2) is 28.4 Å². The molecule has 1 aromatic rings. The van der Waals surface area contributed by atoms with Crippen molar-refractivity contribution < 1.29 is 9.53 Å². The zero-order valence-corrected chi connectivity index (χ0v) is 18.9. The Kier molecular flexibility index (Phi) is 9.33. The Morgan fingerprint density at radius 2 is 2.00 bits per heavy atom. The van der Waals surface area contributed by atoms with E-state index >= 15 is 0 Å². The number of carbonyl (C=O) groups excluding carboxylic acids is 1. The lowest BCUT2D eigenvalue weighted by molar-refractivity contribution is 0.0998. The van der Waals surface area contributed by atoms with Crippen LogP contribution in [0.3, 0.4) is 0 Å². The molecule has 1 aliphatic rings. The zero-order valence-electron chi connectivity index (χ0n) is 18.1. The van der Waals surface area contributed by atoms with Crippen LogP contribution in [0, 0.1) is 0 Å². The smallest absolute Gasteiger partial charge is 0.302 e. The summed E-state index contributed by atoms with van der Waals surface area (Å²) in [5.41, 5.74) is 12.4. The third-order valence-electron chi connectivity index (χ3n) is 4.80. The topological polar surface area (TPSA) is 141 Å². The molecule has 1 atom stereocenters. The van der Waals surface area contributed by atoms with Crippen LogP contribution in [-0.2, 0) is 4.74 Å². The zero-order chi connectivity index (χ0) is 22.8. The van der Waals surface area contributed by atoms with Gasteiger partial charge >= 0.3 is 5.91 Å². The number of rotatable bonds is 9. The number of unbranched alkanes of at least 4 members (excludes halogenated alkanes) is 1. The van der Waals surface area contributed by atoms with Crippen molar-refractivity contribution in [3.63, 3.8) is 0 Å². The van der Waals surface area contributed by atoms with Crippen molar-refractivity contribution in [3.8, 4) is 0 Å². The van der Waals surface area contributed by atoms with E-state index in [0.717, 1.165) is 31.4 Å². The first-order valence-corrected chi connectivity index (χ1v) is 10.5. The lowest BCUT2D eigenvalue weighted by Crippen LogP contribution is -2.29. The van der Waals surface area contributed by atoms with Crippen molar-refractivity contribution in [2.45, 2.75) is 45.6 Å². The van der Waals surface area contributed by atoms with E-state index in [9.17, 15) is 4.79 Å². The van der Waals surface area contributed by atoms with Crippen LogP contribution in [0.25, 0.3) is 0 Å². The van der Waals surface area contributed by atoms with Crippen molar-refractivity contribution in [1.82, 2.24) is 20.6 Å². The number of amides is 1. The molecule has 0 aromatic carbocycles. The molecule has 10 heteroatoms. The number of nitrogen functional groups attached to an aromatic ring is 2. The summed E-state index contributed by atoms with van der Waals surface area (Å²) in [6.45, 7) is 4.67. The average molecular weight is 448 g/mol. The molecule has 1 aliphatic heterocycles. The first-order chi connectivity index (χ1) is 14.9. The maximum atomic E-state index is 12.3. The molecule has 0 saturated carbocycles. The van der Waals surface area contributed by atoms with Crippen molar-refractivity contribution in [2.24, 2.45) is 4.99 Å². The third kappa shape index (κ3) is 7.29. The Balaban J connectivity index is 1.80. The number of anilines is 2. The molecule has 2 rings (SSSR count). The normalized spacial score (nSPS) is 18.3. The fourth-order valence-corrected chi connectivity index (χ4v) is 3.16. The van der Waals surface area contributed by atoms with Crippen LogP contribution in [0.2, 0.25) is 5.15 Å². The van der Waals surface area contributed by atoms with Gasteiger partial charge in [-0.25, -0.2) is 9.97 Å². The van der Waals surface area contributed by atoms with Crippen molar-refractivity contribution in [3.05, 3.63) is 46.5 Å². The second-order valence-corrected chi connectivity index (χ2v) is 7.32. The van der Waals surface area contributed by atoms with Gasteiger partial charge in [0.25, 0.3) is 0 Å². The van der Waals surface area contributed by atoms with E-state index < -0.39 is 5.91 Å². The summed E-state index contributed by atoms with van der Waals surface area (Å²) >= 11 is 5.82. The number of methoxy groups -OCH3 is 1. The van der Waals surface area contributed by atoms with E-state index in [1.165, 1.54) is 5.57 Å². The molecule has 0 radical (unpaired) electrons. The highest BCUT2D eigenvalue weighted by molar-refractivity contribution is 6.31. The summed E-state index contributed by atoms with van der Waals surface area (Å²) in [6.07, 6.45) is 12.1. The van der Waals surface area contributed by atoms with E-state index in [1.807, 2.05) is 26.0 Å². The van der Waals surface area contributed by atoms with Gasteiger partial charge in [-0.05, 0) is 45.3 Å². The lowest BCUT2D eigenvalue weighted by Gasteiger charge is -2.09. The Bertz CT molecular complexity index is 909. The molecule has 9 nitrogen and oxygen atoms in total. The monoisotopic (exact) mass is 447 g/mol. The Morgan fingerprint density at radius 1 is 1.23 bits per heavy atom. The highest BCUT2D eigenvalue weighted by Crippen LogP contribution is 2.18. The van der Waals surface area contributed by atoms with Gasteiger partial charge in [0, 0.05) is 12.6 Å². The van der Waals surface area contributed by atoms with Crippen LogP contribution in [0.4, 0.5) is 11.6 Å². The SMILES string of the molecule is C\C=C(/C=C\C(=C/C)OC)CCCCC1CN/C(=N/C(=O)c2nc(Cl)c(N)nc2N)N1. The summed E-state index contributed by atoms with van der Waals surface area (Å²) in [7, 11) is 1.66. The number of nitrogens with two attached hydrogens (primary N) is 2. The highest BCUT2D eigenvalue weighted by Gasteiger charge is 2.21. The molecule has 1 amide bonds. The van der Waals surface area contributed by atoms with Crippen molar-refractivity contribution >= 4 is 35.1 Å². The molecular weight excluding hydrogens is 418 g/mol. The van der Waals surface area contributed by atoms with Crippen LogP contribution < -0.4 is 22.1 Å². The number of aliphatic imine (C=N–C) groups is 1. The second-order valence-electron chi connectivity index (χ2n) is 6.96. The number of ether oxygens (including phenoxy) is 1. The molecule has 0 aliphatic carbocycles. The largest absolute Gasteiger partial charge is 0.497 e. The number of carbonyl (C=O) groups is 1. The molecule has 0 spiro atoms. The summed E-state index contributed by atoms with van der Waals surface area (Å²) in [4.78, 5) is 24.0. The molecule has 1 fully saturated rings. The van der Waals surface area contributed by atoms with E-state index in [0.29, 0.717) is 12.5 Å². The molecule has 0 bridgehead atoms. The number of halogens is 1. The van der Waals surface area contributed by atoms with E-state index in [4.69, 9.17) is 27.8 Å². The van der Waals surface area contributed by atoms with Crippen LogP contribution in [0.15, 0.2) is 40.6 Å². The van der Waals surface area contributed by atoms with Gasteiger partial charge in [0.05, 0.1) is 7.11 Å². The predicted octanol–water partition coefficient (Wildman–Crippen LogP) is 2.97. The summed E-state index contributed by atoms with van der Waals surface area (Å²) in [5, 5.41) is 6.22. The lowest BCUT2D eigenvalue weighted by atomic mass is 10.0. The van der Waals surface area contributed by atoms with Gasteiger partial charge in [-0.1, -0.05) is 35.7 Å². The van der Waals surface area contributed by atoms with Gasteiger partial charge in [-0.2, -0.15) is 4.99 Å². The minimum atomic E-state index is -0.636. The maximum Gasteiger partial charge on any atom is 0.302 e. The first kappa shape index (κ1) is 24.2. The molecule has 1 aromatic heterocycles. The Morgan fingerprint density at radius 3 is 2.68 bits per heavy atom. The number of nitrogens with zero attached hydrogens (tertiary/aromatic N) is 3. The van der Waals surface area contributed by atoms with Gasteiger partial charge in [-0.3, -0.25) is 4.79 Å². The number of hydrogen-bond acceptors (Lipinski definition) is 6. The second kappa shape index (κ2) is 11.9. The van der Waals surface area contributed by atoms with Gasteiger partial charge in [0.2, 0.25) is 0 Å². The first-order valence-electron chi connectivity index (χ1n) is 10.1. The van der Waals surface area contributed by atoms with Crippen LogP contribution in [0.1, 0.15) is 50.0 Å². The number of nitrogens with one attached hydrogen (secondary N) is 2. The molecule has 1 saturated heterocycles. The quantitative estimate of drug-likeness (QED) is 0.257. The highest BCUT2D eigenvalue weighted by atomic mass is 35.5. The Labute approximate surface area is 187 Å². The fraction of sp³-hybridized carbons (Fsp3) is 0.429.